The lowest BCUT2D eigenvalue weighted by atomic mass is 9.85. The van der Waals surface area contributed by atoms with Crippen molar-refractivity contribution in [3.05, 3.63) is 70.8 Å². The van der Waals surface area contributed by atoms with Gasteiger partial charge in [-0.05, 0) is 41.5 Å². The van der Waals surface area contributed by atoms with Crippen LogP contribution in [0.15, 0.2) is 48.5 Å². The Bertz CT molecular complexity index is 694. The number of benzene rings is 2. The van der Waals surface area contributed by atoms with E-state index in [1.807, 2.05) is 0 Å². The van der Waals surface area contributed by atoms with E-state index >= 15 is 0 Å². The van der Waals surface area contributed by atoms with Crippen molar-refractivity contribution < 1.29 is 0 Å². The second kappa shape index (κ2) is 5.22. The Labute approximate surface area is 132 Å². The predicted octanol–water partition coefficient (Wildman–Crippen LogP) is 3.23. The quantitative estimate of drug-likeness (QED) is 0.921. The van der Waals surface area contributed by atoms with E-state index in [0.29, 0.717) is 6.04 Å². The molecule has 2 heteroatoms. The Morgan fingerprint density at radius 2 is 1.73 bits per heavy atom. The summed E-state index contributed by atoms with van der Waals surface area (Å²) in [5, 5.41) is 0. The van der Waals surface area contributed by atoms with Gasteiger partial charge in [0.25, 0.3) is 0 Å². The number of nitrogens with zero attached hydrogens (tertiary/aromatic N) is 1. The molecule has 0 saturated heterocycles. The molecule has 1 aliphatic heterocycles. The highest BCUT2D eigenvalue weighted by atomic mass is 15.2. The van der Waals surface area contributed by atoms with Gasteiger partial charge < -0.3 is 5.73 Å². The highest BCUT2D eigenvalue weighted by molar-refractivity contribution is 5.42. The summed E-state index contributed by atoms with van der Waals surface area (Å²) in [6.45, 7) is 4.38. The van der Waals surface area contributed by atoms with E-state index in [4.69, 9.17) is 5.73 Å². The van der Waals surface area contributed by atoms with E-state index in [9.17, 15) is 0 Å². The smallest absolute Gasteiger partial charge is 0.0570 e. The van der Waals surface area contributed by atoms with Crippen LogP contribution >= 0.6 is 0 Å². The monoisotopic (exact) mass is 292 g/mol. The molecule has 2 aliphatic rings. The van der Waals surface area contributed by atoms with Crippen LogP contribution < -0.4 is 5.73 Å². The maximum atomic E-state index is 6.92. The molecule has 114 valence electrons. The van der Waals surface area contributed by atoms with Gasteiger partial charge in [0.05, 0.1) is 5.54 Å². The summed E-state index contributed by atoms with van der Waals surface area (Å²) in [5.41, 5.74) is 12.5. The first-order valence-electron chi connectivity index (χ1n) is 8.40. The summed E-state index contributed by atoms with van der Waals surface area (Å²) in [7, 11) is 0. The van der Waals surface area contributed by atoms with Crippen LogP contribution in [-0.4, -0.2) is 17.5 Å². The Kier molecular flexibility index (Phi) is 3.32. The molecule has 0 spiro atoms. The van der Waals surface area contributed by atoms with Crippen molar-refractivity contribution >= 4 is 0 Å². The second-order valence-corrected chi connectivity index (χ2v) is 6.76. The van der Waals surface area contributed by atoms with Crippen LogP contribution in [0, 0.1) is 0 Å². The van der Waals surface area contributed by atoms with Gasteiger partial charge in [-0.15, -0.1) is 0 Å². The van der Waals surface area contributed by atoms with Crippen molar-refractivity contribution in [3.63, 3.8) is 0 Å². The van der Waals surface area contributed by atoms with E-state index < -0.39 is 0 Å². The zero-order valence-corrected chi connectivity index (χ0v) is 13.3. The molecule has 22 heavy (non-hydrogen) atoms. The number of hydrogen-bond donors (Lipinski definition) is 1. The van der Waals surface area contributed by atoms with E-state index in [1.165, 1.54) is 22.3 Å². The van der Waals surface area contributed by atoms with Gasteiger partial charge in [-0.25, -0.2) is 0 Å². The van der Waals surface area contributed by atoms with Crippen molar-refractivity contribution in [1.82, 2.24) is 4.90 Å². The normalized spacial score (nSPS) is 27.5. The largest absolute Gasteiger partial charge is 0.320 e. The summed E-state index contributed by atoms with van der Waals surface area (Å²) in [6, 6.07) is 18.0. The van der Waals surface area contributed by atoms with E-state index in [2.05, 4.69) is 60.4 Å². The molecule has 1 aliphatic carbocycles. The number of nitrogens with two attached hydrogens (primary N) is 1. The molecule has 1 heterocycles. The molecular weight excluding hydrogens is 268 g/mol. The number of fused-ring (bicyclic) bond motifs is 2. The average molecular weight is 292 g/mol. The van der Waals surface area contributed by atoms with Crippen molar-refractivity contribution in [2.24, 2.45) is 5.73 Å². The Morgan fingerprint density at radius 1 is 1.05 bits per heavy atom. The Morgan fingerprint density at radius 3 is 2.50 bits per heavy atom. The van der Waals surface area contributed by atoms with Crippen LogP contribution in [0.2, 0.25) is 0 Å². The lowest BCUT2D eigenvalue weighted by Gasteiger charge is -2.42. The molecular formula is C20H24N2. The van der Waals surface area contributed by atoms with Gasteiger partial charge in [-0.3, -0.25) is 4.90 Å². The third-order valence-electron chi connectivity index (χ3n) is 5.71. The first-order valence-corrected chi connectivity index (χ1v) is 8.40. The maximum Gasteiger partial charge on any atom is 0.0570 e. The summed E-state index contributed by atoms with van der Waals surface area (Å²) < 4.78 is 0. The molecule has 2 N–H and O–H groups in total. The van der Waals surface area contributed by atoms with Crippen LogP contribution in [0.4, 0.5) is 0 Å². The minimum atomic E-state index is -0.205. The van der Waals surface area contributed by atoms with Crippen LogP contribution in [-0.2, 0) is 24.9 Å². The van der Waals surface area contributed by atoms with E-state index in [1.54, 1.807) is 0 Å². The van der Waals surface area contributed by atoms with Gasteiger partial charge in [-0.2, -0.15) is 0 Å². The molecule has 2 aromatic rings. The van der Waals surface area contributed by atoms with Crippen molar-refractivity contribution in [1.29, 1.82) is 0 Å². The van der Waals surface area contributed by atoms with Crippen LogP contribution in [0.5, 0.6) is 0 Å². The zero-order chi connectivity index (χ0) is 15.2. The molecule has 0 aromatic heterocycles. The fraction of sp³-hybridized carbons (Fsp3) is 0.400. The number of hydrogen-bond acceptors (Lipinski definition) is 2. The molecule has 4 rings (SSSR count). The van der Waals surface area contributed by atoms with Gasteiger partial charge in [0, 0.05) is 19.1 Å². The molecule has 0 saturated carbocycles. The number of rotatable bonds is 2. The summed E-state index contributed by atoms with van der Waals surface area (Å²) >= 11 is 0. The van der Waals surface area contributed by atoms with Gasteiger partial charge >= 0.3 is 0 Å². The molecule has 2 nitrogen and oxygen atoms in total. The fourth-order valence-electron chi connectivity index (χ4n) is 4.39. The lowest BCUT2D eigenvalue weighted by molar-refractivity contribution is 0.113. The first kappa shape index (κ1) is 14.0. The molecule has 2 aromatic carbocycles. The Hall–Kier alpha value is -1.64. The van der Waals surface area contributed by atoms with Gasteiger partial charge in [0.15, 0.2) is 0 Å². The predicted molar refractivity (Wildman–Crippen MR) is 90.6 cm³/mol. The van der Waals surface area contributed by atoms with E-state index in [-0.39, 0.29) is 5.54 Å². The molecule has 0 radical (unpaired) electrons. The van der Waals surface area contributed by atoms with Crippen molar-refractivity contribution in [2.75, 3.05) is 6.54 Å². The van der Waals surface area contributed by atoms with Crippen LogP contribution in [0.25, 0.3) is 0 Å². The van der Waals surface area contributed by atoms with E-state index in [0.717, 1.165) is 32.4 Å². The fourth-order valence-corrected chi connectivity index (χ4v) is 4.39. The zero-order valence-electron chi connectivity index (χ0n) is 13.3. The van der Waals surface area contributed by atoms with Gasteiger partial charge in [0.2, 0.25) is 0 Å². The maximum absolute atomic E-state index is 6.92. The first-order chi connectivity index (χ1) is 10.7. The minimum absolute atomic E-state index is 0.205. The average Bonchev–Trinajstić information content (AvgIpc) is 2.88. The minimum Gasteiger partial charge on any atom is -0.320 e. The molecule has 2 atom stereocenters. The van der Waals surface area contributed by atoms with Gasteiger partial charge in [0.1, 0.15) is 0 Å². The summed E-state index contributed by atoms with van der Waals surface area (Å²) in [4.78, 5) is 2.62. The van der Waals surface area contributed by atoms with Gasteiger partial charge in [-0.1, -0.05) is 55.5 Å². The second-order valence-electron chi connectivity index (χ2n) is 6.76. The standard InChI is InChI=1S/C20H24N2/c1-2-20(21)18-10-6-5-8-16(18)13-19(20)22-12-11-15-7-3-4-9-17(15)14-22/h3-10,19H,2,11-14,21H2,1H3. The topological polar surface area (TPSA) is 29.3 Å². The highest BCUT2D eigenvalue weighted by Gasteiger charge is 2.45. The summed E-state index contributed by atoms with van der Waals surface area (Å²) in [6.07, 6.45) is 3.22. The van der Waals surface area contributed by atoms with Crippen molar-refractivity contribution in [2.45, 2.75) is 44.3 Å². The van der Waals surface area contributed by atoms with Crippen molar-refractivity contribution in [3.8, 4) is 0 Å². The van der Waals surface area contributed by atoms with Crippen LogP contribution in [0.3, 0.4) is 0 Å². The molecule has 2 unspecified atom stereocenters. The molecule has 0 fully saturated rings. The summed E-state index contributed by atoms with van der Waals surface area (Å²) in [5.74, 6) is 0. The third-order valence-corrected chi connectivity index (χ3v) is 5.71. The SMILES string of the molecule is CCC1(N)c2ccccc2CC1N1CCc2ccccc2C1. The third kappa shape index (κ3) is 2.02. The molecule has 0 amide bonds. The van der Waals surface area contributed by atoms with Crippen LogP contribution in [0.1, 0.15) is 35.6 Å². The highest BCUT2D eigenvalue weighted by Crippen LogP contribution is 2.41. The molecule has 0 bridgehead atoms. The lowest BCUT2D eigenvalue weighted by Crippen LogP contribution is -2.54. The Balaban J connectivity index is 1.67.